The third kappa shape index (κ3) is 5.35. The lowest BCUT2D eigenvalue weighted by molar-refractivity contribution is -0.137. The zero-order chi connectivity index (χ0) is 23.4. The van der Waals surface area contributed by atoms with Crippen LogP contribution in [0.4, 0.5) is 16.2 Å². The van der Waals surface area contributed by atoms with Crippen LogP contribution in [-0.2, 0) is 14.3 Å². The number of rotatable bonds is 5. The van der Waals surface area contributed by atoms with Crippen molar-refractivity contribution < 1.29 is 19.1 Å². The van der Waals surface area contributed by atoms with Crippen LogP contribution < -0.4 is 15.5 Å². The van der Waals surface area contributed by atoms with Gasteiger partial charge in [0.2, 0.25) is 0 Å². The summed E-state index contributed by atoms with van der Waals surface area (Å²) in [6.07, 6.45) is 3.96. The molecule has 0 unspecified atom stereocenters. The topological polar surface area (TPSA) is 87.7 Å². The predicted octanol–water partition coefficient (Wildman–Crippen LogP) is 4.57. The maximum atomic E-state index is 13.0. The Morgan fingerprint density at radius 2 is 1.91 bits per heavy atom. The predicted molar refractivity (Wildman–Crippen MR) is 127 cm³/mol. The molecule has 1 saturated heterocycles. The molecule has 1 heterocycles. The van der Waals surface area contributed by atoms with E-state index in [0.29, 0.717) is 30.4 Å². The summed E-state index contributed by atoms with van der Waals surface area (Å²) < 4.78 is 4.98. The zero-order valence-corrected chi connectivity index (χ0v) is 19.2. The number of aryl methyl sites for hydroxylation is 1. The molecule has 7 heteroatoms. The molecule has 3 atom stereocenters. The van der Waals surface area contributed by atoms with Crippen molar-refractivity contribution in [3.8, 4) is 0 Å². The second-order valence-corrected chi connectivity index (χ2v) is 9.11. The molecule has 7 nitrogen and oxygen atoms in total. The van der Waals surface area contributed by atoms with E-state index in [9.17, 15) is 14.4 Å². The fourth-order valence-electron chi connectivity index (χ4n) is 4.94. The Labute approximate surface area is 194 Å². The third-order valence-electron chi connectivity index (χ3n) is 6.64. The van der Waals surface area contributed by atoms with Gasteiger partial charge in [-0.25, -0.2) is 4.79 Å². The van der Waals surface area contributed by atoms with Gasteiger partial charge in [-0.3, -0.25) is 14.5 Å². The van der Waals surface area contributed by atoms with Crippen LogP contribution in [0.25, 0.3) is 0 Å². The van der Waals surface area contributed by atoms with Gasteiger partial charge in [-0.05, 0) is 60.9 Å². The molecule has 2 aliphatic rings. The van der Waals surface area contributed by atoms with Crippen LogP contribution in [-0.4, -0.2) is 31.1 Å². The Hall–Kier alpha value is -3.35. The summed E-state index contributed by atoms with van der Waals surface area (Å²) >= 11 is 0. The standard InChI is InChI=1S/C26H31N3O4/c1-17-7-5-9-19(15-17)23(22-12-4-3-8-18(22)2)28-25(31)24(30)27-20-10-6-11-21(16-20)29-13-14-33-26(29)32/h3-4,6,8,10-12,16-17,19,23H,5,7,9,13-15H2,1-2H3,(H,27,30)(H,28,31)/t17-,19-,23-/m1/s1. The molecular formula is C26H31N3O4. The molecule has 1 aliphatic heterocycles. The first-order chi connectivity index (χ1) is 15.9. The van der Waals surface area contributed by atoms with E-state index in [1.807, 2.05) is 31.2 Å². The molecule has 4 rings (SSSR count). The number of hydrogen-bond donors (Lipinski definition) is 2. The van der Waals surface area contributed by atoms with Crippen molar-refractivity contribution in [2.75, 3.05) is 23.4 Å². The molecule has 1 aliphatic carbocycles. The van der Waals surface area contributed by atoms with Gasteiger partial charge in [0.15, 0.2) is 0 Å². The van der Waals surface area contributed by atoms with Crippen molar-refractivity contribution in [1.82, 2.24) is 5.32 Å². The van der Waals surface area contributed by atoms with Crippen LogP contribution in [0.3, 0.4) is 0 Å². The smallest absolute Gasteiger partial charge is 0.414 e. The Morgan fingerprint density at radius 3 is 2.64 bits per heavy atom. The number of hydrogen-bond acceptors (Lipinski definition) is 4. The van der Waals surface area contributed by atoms with Gasteiger partial charge in [-0.15, -0.1) is 0 Å². The molecule has 2 N–H and O–H groups in total. The number of anilines is 2. The molecule has 174 valence electrons. The van der Waals surface area contributed by atoms with Gasteiger partial charge in [-0.2, -0.15) is 0 Å². The van der Waals surface area contributed by atoms with Gasteiger partial charge in [0.1, 0.15) is 6.61 Å². The van der Waals surface area contributed by atoms with E-state index in [4.69, 9.17) is 4.74 Å². The number of amides is 3. The lowest BCUT2D eigenvalue weighted by atomic mass is 9.76. The summed E-state index contributed by atoms with van der Waals surface area (Å²) in [5.41, 5.74) is 3.23. The Bertz CT molecular complexity index is 1040. The number of benzene rings is 2. The highest BCUT2D eigenvalue weighted by Crippen LogP contribution is 2.38. The van der Waals surface area contributed by atoms with Crippen LogP contribution in [0.2, 0.25) is 0 Å². The van der Waals surface area contributed by atoms with Crippen LogP contribution in [0, 0.1) is 18.8 Å². The summed E-state index contributed by atoms with van der Waals surface area (Å²) in [6, 6.07) is 14.7. The van der Waals surface area contributed by atoms with E-state index < -0.39 is 17.9 Å². The van der Waals surface area contributed by atoms with E-state index in [1.165, 1.54) is 11.3 Å². The number of carbonyl (C=O) groups excluding carboxylic acids is 3. The first-order valence-corrected chi connectivity index (χ1v) is 11.6. The van der Waals surface area contributed by atoms with Crippen molar-refractivity contribution in [2.45, 2.75) is 45.6 Å². The SMILES string of the molecule is Cc1ccccc1[C@H](NC(=O)C(=O)Nc1cccc(N2CCOC2=O)c1)[C@@H]1CCC[C@@H](C)C1. The van der Waals surface area contributed by atoms with Crippen LogP contribution in [0.1, 0.15) is 49.8 Å². The Morgan fingerprint density at radius 1 is 1.09 bits per heavy atom. The van der Waals surface area contributed by atoms with Crippen molar-refractivity contribution in [3.63, 3.8) is 0 Å². The van der Waals surface area contributed by atoms with Gasteiger partial charge in [0, 0.05) is 11.4 Å². The molecule has 2 fully saturated rings. The van der Waals surface area contributed by atoms with E-state index in [-0.39, 0.29) is 12.0 Å². The van der Waals surface area contributed by atoms with Gasteiger partial charge in [-0.1, -0.05) is 50.1 Å². The molecular weight excluding hydrogens is 418 g/mol. The number of nitrogens with one attached hydrogen (secondary N) is 2. The summed E-state index contributed by atoms with van der Waals surface area (Å²) in [5.74, 6) is -0.497. The summed E-state index contributed by atoms with van der Waals surface area (Å²) in [5, 5.41) is 5.70. The Balaban J connectivity index is 1.48. The van der Waals surface area contributed by atoms with Gasteiger partial charge in [0.05, 0.1) is 12.6 Å². The Kier molecular flexibility index (Phi) is 6.96. The summed E-state index contributed by atoms with van der Waals surface area (Å²) in [7, 11) is 0. The summed E-state index contributed by atoms with van der Waals surface area (Å²) in [6.45, 7) is 5.07. The summed E-state index contributed by atoms with van der Waals surface area (Å²) in [4.78, 5) is 39.1. The van der Waals surface area contributed by atoms with E-state index in [1.54, 1.807) is 24.3 Å². The quantitative estimate of drug-likeness (QED) is 0.655. The number of cyclic esters (lactones) is 1. The maximum absolute atomic E-state index is 13.0. The molecule has 0 spiro atoms. The largest absolute Gasteiger partial charge is 0.447 e. The number of carbonyl (C=O) groups is 3. The van der Waals surface area contributed by atoms with E-state index >= 15 is 0 Å². The van der Waals surface area contributed by atoms with Crippen molar-refractivity contribution in [2.24, 2.45) is 11.8 Å². The highest BCUT2D eigenvalue weighted by atomic mass is 16.6. The highest BCUT2D eigenvalue weighted by molar-refractivity contribution is 6.39. The second kappa shape index (κ2) is 10.1. The van der Waals surface area contributed by atoms with Gasteiger partial charge >= 0.3 is 17.9 Å². The van der Waals surface area contributed by atoms with Crippen LogP contribution in [0.15, 0.2) is 48.5 Å². The second-order valence-electron chi connectivity index (χ2n) is 9.11. The van der Waals surface area contributed by atoms with Crippen molar-refractivity contribution in [3.05, 3.63) is 59.7 Å². The van der Waals surface area contributed by atoms with E-state index in [2.05, 4.69) is 17.6 Å². The molecule has 0 aromatic heterocycles. The van der Waals surface area contributed by atoms with Gasteiger partial charge in [0.25, 0.3) is 0 Å². The molecule has 2 aromatic carbocycles. The first-order valence-electron chi connectivity index (χ1n) is 11.6. The molecule has 0 bridgehead atoms. The first kappa shape index (κ1) is 22.8. The zero-order valence-electron chi connectivity index (χ0n) is 19.2. The number of ether oxygens (including phenoxy) is 1. The minimum Gasteiger partial charge on any atom is -0.447 e. The fraction of sp³-hybridized carbons (Fsp3) is 0.423. The lowest BCUT2D eigenvalue weighted by Crippen LogP contribution is -2.41. The lowest BCUT2D eigenvalue weighted by Gasteiger charge is -2.34. The third-order valence-corrected chi connectivity index (χ3v) is 6.64. The molecule has 2 aromatic rings. The average molecular weight is 450 g/mol. The minimum absolute atomic E-state index is 0.210. The fourth-order valence-corrected chi connectivity index (χ4v) is 4.94. The van der Waals surface area contributed by atoms with Crippen LogP contribution >= 0.6 is 0 Å². The van der Waals surface area contributed by atoms with E-state index in [0.717, 1.165) is 30.4 Å². The monoisotopic (exact) mass is 449 g/mol. The van der Waals surface area contributed by atoms with Gasteiger partial charge < -0.3 is 15.4 Å². The highest BCUT2D eigenvalue weighted by Gasteiger charge is 2.31. The van der Waals surface area contributed by atoms with Crippen molar-refractivity contribution in [1.29, 1.82) is 0 Å². The maximum Gasteiger partial charge on any atom is 0.414 e. The van der Waals surface area contributed by atoms with Crippen molar-refractivity contribution >= 4 is 29.3 Å². The van der Waals surface area contributed by atoms with Crippen LogP contribution in [0.5, 0.6) is 0 Å². The minimum atomic E-state index is -0.724. The molecule has 0 radical (unpaired) electrons. The molecule has 3 amide bonds. The average Bonchev–Trinajstić information content (AvgIpc) is 3.24. The normalized spacial score (nSPS) is 21.3. The molecule has 33 heavy (non-hydrogen) atoms. The number of nitrogens with zero attached hydrogens (tertiary/aromatic N) is 1. The molecule has 1 saturated carbocycles.